The molecule has 0 aliphatic heterocycles. The lowest BCUT2D eigenvalue weighted by Crippen LogP contribution is -2.59. The molecule has 4 amide bonds. The Balaban J connectivity index is 1.58. The minimum absolute atomic E-state index is 0.00329. The number of ether oxygens (including phenoxy) is 1. The van der Waals surface area contributed by atoms with E-state index < -0.39 is 41.6 Å². The van der Waals surface area contributed by atoms with Gasteiger partial charge in [-0.25, -0.2) is 4.79 Å². The van der Waals surface area contributed by atoms with Gasteiger partial charge in [-0.3, -0.25) is 14.4 Å². The number of fused-ring (bicyclic) bond motifs is 3. The van der Waals surface area contributed by atoms with Crippen LogP contribution in [0, 0.1) is 5.92 Å². The van der Waals surface area contributed by atoms with Crippen LogP contribution in [0.5, 0.6) is 0 Å². The molecule has 3 aromatic carbocycles. The van der Waals surface area contributed by atoms with Crippen LogP contribution < -0.4 is 16.0 Å². The predicted octanol–water partition coefficient (Wildman–Crippen LogP) is 5.87. The summed E-state index contributed by atoms with van der Waals surface area (Å²) in [6.45, 7) is 9.24. The molecular formula is C41H54N4O6S. The number of aliphatic hydroxyl groups is 1. The molecule has 0 spiro atoms. The number of carbonyl (C=O) groups is 4. The highest BCUT2D eigenvalue weighted by molar-refractivity contribution is 7.98. The van der Waals surface area contributed by atoms with Crippen molar-refractivity contribution in [2.75, 3.05) is 25.2 Å². The van der Waals surface area contributed by atoms with Gasteiger partial charge in [-0.05, 0) is 85.8 Å². The van der Waals surface area contributed by atoms with Crippen LogP contribution in [0.4, 0.5) is 4.79 Å². The minimum atomic E-state index is -1.13. The summed E-state index contributed by atoms with van der Waals surface area (Å²) in [6, 6.07) is 22.4. The van der Waals surface area contributed by atoms with Gasteiger partial charge in [-0.15, -0.1) is 0 Å². The smallest absolute Gasteiger partial charge is 0.407 e. The van der Waals surface area contributed by atoms with Crippen LogP contribution in [0.1, 0.15) is 76.5 Å². The lowest BCUT2D eigenvalue weighted by Gasteiger charge is -2.35. The Kier molecular flexibility index (Phi) is 14.7. The molecule has 3 atom stereocenters. The van der Waals surface area contributed by atoms with E-state index in [9.17, 15) is 24.3 Å². The van der Waals surface area contributed by atoms with Crippen LogP contribution in [0.2, 0.25) is 0 Å². The lowest BCUT2D eigenvalue weighted by atomic mass is 9.98. The summed E-state index contributed by atoms with van der Waals surface area (Å²) >= 11 is 1.56. The Labute approximate surface area is 312 Å². The maximum absolute atomic E-state index is 14.6. The third-order valence-corrected chi connectivity index (χ3v) is 9.59. The van der Waals surface area contributed by atoms with E-state index in [0.29, 0.717) is 12.2 Å². The second kappa shape index (κ2) is 18.9. The van der Waals surface area contributed by atoms with E-state index in [1.54, 1.807) is 11.8 Å². The number of carbonyl (C=O) groups excluding carboxylic acids is 4. The molecule has 1 aliphatic carbocycles. The van der Waals surface area contributed by atoms with Crippen LogP contribution in [0.15, 0.2) is 78.9 Å². The molecule has 0 saturated carbocycles. The number of nitrogens with one attached hydrogen (secondary N) is 3. The highest BCUT2D eigenvalue weighted by atomic mass is 32.2. The number of thioether (sulfide) groups is 1. The van der Waals surface area contributed by atoms with Crippen molar-refractivity contribution in [1.82, 2.24) is 20.9 Å². The number of alkyl carbamates (subject to hydrolysis) is 1. The molecule has 0 radical (unpaired) electrons. The zero-order chi connectivity index (χ0) is 37.8. The van der Waals surface area contributed by atoms with Crippen LogP contribution in [-0.2, 0) is 25.7 Å². The van der Waals surface area contributed by atoms with E-state index in [4.69, 9.17) is 4.74 Å². The van der Waals surface area contributed by atoms with Crippen LogP contribution in [-0.4, -0.2) is 82.7 Å². The first-order valence-electron chi connectivity index (χ1n) is 18.0. The third-order valence-electron chi connectivity index (χ3n) is 8.94. The quantitative estimate of drug-likeness (QED) is 0.136. The van der Waals surface area contributed by atoms with Crippen molar-refractivity contribution in [2.24, 2.45) is 5.92 Å². The van der Waals surface area contributed by atoms with E-state index >= 15 is 0 Å². The van der Waals surface area contributed by atoms with Gasteiger partial charge < -0.3 is 30.7 Å². The molecule has 1 aliphatic rings. The summed E-state index contributed by atoms with van der Waals surface area (Å²) in [5.41, 5.74) is 4.61. The van der Waals surface area contributed by atoms with Crippen molar-refractivity contribution in [1.29, 1.82) is 0 Å². The van der Waals surface area contributed by atoms with Gasteiger partial charge in [-0.2, -0.15) is 11.8 Å². The number of benzene rings is 3. The monoisotopic (exact) mass is 730 g/mol. The maximum Gasteiger partial charge on any atom is 0.407 e. The van der Waals surface area contributed by atoms with E-state index in [1.165, 1.54) is 4.90 Å². The molecule has 4 N–H and O–H groups in total. The van der Waals surface area contributed by atoms with E-state index in [-0.39, 0.29) is 50.3 Å². The molecule has 11 heteroatoms. The Hall–Kier alpha value is -4.35. The normalized spacial score (nSPS) is 14.1. The van der Waals surface area contributed by atoms with Crippen LogP contribution in [0.25, 0.3) is 11.1 Å². The molecule has 0 fully saturated rings. The molecule has 0 unspecified atom stereocenters. The first-order valence-corrected chi connectivity index (χ1v) is 19.4. The number of hydrogen-bond donors (Lipinski definition) is 4. The average Bonchev–Trinajstić information content (AvgIpc) is 3.43. The Morgan fingerprint density at radius 1 is 0.827 bits per heavy atom. The van der Waals surface area contributed by atoms with Crippen LogP contribution in [0.3, 0.4) is 0 Å². The number of nitrogens with zero attached hydrogens (tertiary/aromatic N) is 1. The molecule has 0 saturated heterocycles. The summed E-state index contributed by atoms with van der Waals surface area (Å²) in [6.07, 6.45) is 1.78. The molecule has 0 aromatic heterocycles. The van der Waals surface area contributed by atoms with Gasteiger partial charge in [0.1, 0.15) is 24.7 Å². The van der Waals surface area contributed by atoms with Gasteiger partial charge in [0, 0.05) is 24.6 Å². The second-order valence-corrected chi connectivity index (χ2v) is 15.7. The molecule has 0 heterocycles. The number of amides is 4. The van der Waals surface area contributed by atoms with E-state index in [1.807, 2.05) is 108 Å². The first-order chi connectivity index (χ1) is 24.8. The highest BCUT2D eigenvalue weighted by Crippen LogP contribution is 2.44. The molecule has 3 aromatic rings. The molecule has 52 heavy (non-hydrogen) atoms. The zero-order valence-electron chi connectivity index (χ0n) is 31.2. The first kappa shape index (κ1) is 40.4. The maximum atomic E-state index is 14.6. The van der Waals surface area contributed by atoms with Crippen molar-refractivity contribution in [3.8, 4) is 11.1 Å². The predicted molar refractivity (Wildman–Crippen MR) is 207 cm³/mol. The van der Waals surface area contributed by atoms with E-state index in [2.05, 4.69) is 28.1 Å². The Morgan fingerprint density at radius 3 is 1.98 bits per heavy atom. The summed E-state index contributed by atoms with van der Waals surface area (Å²) < 4.78 is 5.83. The molecule has 10 nitrogen and oxygen atoms in total. The van der Waals surface area contributed by atoms with Gasteiger partial charge in [0.05, 0.1) is 0 Å². The molecular weight excluding hydrogens is 677 g/mol. The topological polar surface area (TPSA) is 137 Å². The molecule has 280 valence electrons. The fraction of sp³-hybridized carbons (Fsp3) is 0.463. The number of hydrogen-bond acceptors (Lipinski definition) is 7. The number of rotatable bonds is 17. The van der Waals surface area contributed by atoms with Gasteiger partial charge in [0.25, 0.3) is 0 Å². The van der Waals surface area contributed by atoms with Crippen molar-refractivity contribution < 1.29 is 29.0 Å². The largest absolute Gasteiger partial charge is 0.449 e. The zero-order valence-corrected chi connectivity index (χ0v) is 32.0. The third kappa shape index (κ3) is 11.1. The Morgan fingerprint density at radius 2 is 1.42 bits per heavy atom. The van der Waals surface area contributed by atoms with Crippen molar-refractivity contribution >= 4 is 35.6 Å². The average molecular weight is 731 g/mol. The van der Waals surface area contributed by atoms with Crippen LogP contribution >= 0.6 is 11.8 Å². The summed E-state index contributed by atoms with van der Waals surface area (Å²) in [4.78, 5) is 56.9. The van der Waals surface area contributed by atoms with Crippen molar-refractivity contribution in [3.05, 3.63) is 95.6 Å². The van der Waals surface area contributed by atoms with Gasteiger partial charge in [-0.1, -0.05) is 92.7 Å². The minimum Gasteiger partial charge on any atom is -0.449 e. The summed E-state index contributed by atoms with van der Waals surface area (Å²) in [7, 11) is 0. The number of aliphatic hydroxyl groups excluding tert-OH is 1. The summed E-state index contributed by atoms with van der Waals surface area (Å²) in [5, 5.41) is 18.8. The standard InChI is InChI=1S/C41H54N4O6S/c1-27(2)24-35(43-40(50)51-26-33-31-18-12-10-16-29(31)30-17-11-13-19-32(30)33)39(49)45(25-28-14-8-7-9-15-28)36(20-22-46)38(48)42-34(21-23-52-6)37(47)44-41(3,4)5/h7-19,27,33-36,46H,20-26H2,1-6H3,(H,42,48)(H,43,50)(H,44,47)/t34-,35-,36-/m0/s1. The highest BCUT2D eigenvalue weighted by Gasteiger charge is 2.37. The summed E-state index contributed by atoms with van der Waals surface area (Å²) in [5.74, 6) is -0.895. The van der Waals surface area contributed by atoms with Gasteiger partial charge in [0.2, 0.25) is 17.7 Å². The van der Waals surface area contributed by atoms with Gasteiger partial charge in [0.15, 0.2) is 0 Å². The van der Waals surface area contributed by atoms with Crippen molar-refractivity contribution in [3.63, 3.8) is 0 Å². The van der Waals surface area contributed by atoms with E-state index in [0.717, 1.165) is 27.8 Å². The molecule has 4 rings (SSSR count). The second-order valence-electron chi connectivity index (χ2n) is 14.7. The fourth-order valence-electron chi connectivity index (χ4n) is 6.58. The SMILES string of the molecule is CSCC[C@H](NC(=O)[C@H](CCO)N(Cc1ccccc1)C(=O)[C@H](CC(C)C)NC(=O)OCC1c2ccccc2-c2ccccc21)C(=O)NC(C)(C)C. The fourth-order valence-corrected chi connectivity index (χ4v) is 7.05. The molecule has 0 bridgehead atoms. The lowest BCUT2D eigenvalue weighted by molar-refractivity contribution is -0.144. The van der Waals surface area contributed by atoms with Gasteiger partial charge >= 0.3 is 6.09 Å². The van der Waals surface area contributed by atoms with Crippen molar-refractivity contribution in [2.45, 2.75) is 90.0 Å². The Bertz CT molecular complexity index is 1610.